The van der Waals surface area contributed by atoms with E-state index in [-0.39, 0.29) is 24.2 Å². The number of piperidine rings is 1. The molecule has 100 valence electrons. The highest BCUT2D eigenvalue weighted by atomic mass is 35.5. The monoisotopic (exact) mass is 268 g/mol. The number of amides is 1. The molecular weight excluding hydrogens is 248 g/mol. The van der Waals surface area contributed by atoms with E-state index in [1.165, 1.54) is 5.56 Å². The van der Waals surface area contributed by atoms with Crippen LogP contribution in [0.5, 0.6) is 0 Å². The minimum absolute atomic E-state index is 0. The fraction of sp³-hybridized carbons (Fsp3) is 0.500. The van der Waals surface area contributed by atoms with Gasteiger partial charge in [0.25, 0.3) is 0 Å². The second kappa shape index (κ2) is 6.76. The van der Waals surface area contributed by atoms with Crippen LogP contribution in [0.15, 0.2) is 24.3 Å². The van der Waals surface area contributed by atoms with Gasteiger partial charge in [0.05, 0.1) is 0 Å². The highest BCUT2D eigenvalue weighted by molar-refractivity contribution is 5.92. The molecule has 18 heavy (non-hydrogen) atoms. The van der Waals surface area contributed by atoms with Crippen LogP contribution in [-0.4, -0.2) is 18.5 Å². The zero-order chi connectivity index (χ0) is 12.3. The fourth-order valence-electron chi connectivity index (χ4n) is 2.25. The van der Waals surface area contributed by atoms with E-state index >= 15 is 0 Å². The van der Waals surface area contributed by atoms with Crippen LogP contribution < -0.4 is 10.6 Å². The van der Waals surface area contributed by atoms with Gasteiger partial charge in [0, 0.05) is 17.6 Å². The van der Waals surface area contributed by atoms with Gasteiger partial charge in [-0.05, 0) is 45.4 Å². The van der Waals surface area contributed by atoms with E-state index < -0.39 is 0 Å². The van der Waals surface area contributed by atoms with Crippen LogP contribution in [0.2, 0.25) is 0 Å². The van der Waals surface area contributed by atoms with Crippen molar-refractivity contribution in [2.75, 3.05) is 11.9 Å². The van der Waals surface area contributed by atoms with Crippen LogP contribution in [0.4, 0.5) is 5.69 Å². The lowest BCUT2D eigenvalue weighted by Crippen LogP contribution is -2.40. The predicted molar refractivity (Wildman–Crippen MR) is 77.2 cm³/mol. The Labute approximate surface area is 115 Å². The summed E-state index contributed by atoms with van der Waals surface area (Å²) in [5.41, 5.74) is 2.10. The maximum absolute atomic E-state index is 12.1. The Bertz CT molecular complexity index is 391. The van der Waals surface area contributed by atoms with Gasteiger partial charge in [-0.15, -0.1) is 12.4 Å². The van der Waals surface area contributed by atoms with Crippen molar-refractivity contribution in [1.82, 2.24) is 5.32 Å². The van der Waals surface area contributed by atoms with Gasteiger partial charge in [0.15, 0.2) is 0 Å². The third-order valence-corrected chi connectivity index (χ3v) is 3.31. The van der Waals surface area contributed by atoms with Gasteiger partial charge < -0.3 is 10.6 Å². The molecule has 1 heterocycles. The molecule has 0 aliphatic carbocycles. The molecule has 0 unspecified atom stereocenters. The largest absolute Gasteiger partial charge is 0.326 e. The Morgan fingerprint density at radius 3 is 2.61 bits per heavy atom. The van der Waals surface area contributed by atoms with E-state index in [0.717, 1.165) is 25.1 Å². The van der Waals surface area contributed by atoms with E-state index in [9.17, 15) is 4.79 Å². The molecule has 1 aliphatic rings. The van der Waals surface area contributed by atoms with Gasteiger partial charge in [0.1, 0.15) is 0 Å². The van der Waals surface area contributed by atoms with Gasteiger partial charge in [-0.1, -0.05) is 17.7 Å². The predicted octanol–water partition coefficient (Wildman–Crippen LogP) is 2.74. The lowest BCUT2D eigenvalue weighted by molar-refractivity contribution is -0.120. The van der Waals surface area contributed by atoms with Gasteiger partial charge in [-0.3, -0.25) is 4.79 Å². The molecule has 1 aliphatic heterocycles. The van der Waals surface area contributed by atoms with Gasteiger partial charge in [0.2, 0.25) is 5.91 Å². The number of hydrogen-bond acceptors (Lipinski definition) is 2. The Morgan fingerprint density at radius 2 is 2.00 bits per heavy atom. The summed E-state index contributed by atoms with van der Waals surface area (Å²) in [6.07, 6.45) is 1.86. The standard InChI is InChI=1S/C14H20N2O.ClH/c1-10-3-5-13(6-4-10)16-14(17)12-7-8-15-11(2)9-12;/h3-6,11-12,15H,7-9H2,1-2H3,(H,16,17);1H/t11-,12-;/m0./s1. The first-order valence-corrected chi connectivity index (χ1v) is 6.26. The average molecular weight is 269 g/mol. The first-order valence-electron chi connectivity index (χ1n) is 6.26. The zero-order valence-corrected chi connectivity index (χ0v) is 11.7. The highest BCUT2D eigenvalue weighted by Crippen LogP contribution is 2.18. The zero-order valence-electron chi connectivity index (χ0n) is 10.9. The summed E-state index contributed by atoms with van der Waals surface area (Å²) in [5.74, 6) is 0.301. The van der Waals surface area contributed by atoms with Gasteiger partial charge >= 0.3 is 0 Å². The minimum atomic E-state index is 0. The van der Waals surface area contributed by atoms with Gasteiger partial charge in [-0.2, -0.15) is 0 Å². The summed E-state index contributed by atoms with van der Waals surface area (Å²) >= 11 is 0. The topological polar surface area (TPSA) is 41.1 Å². The molecule has 1 fully saturated rings. The summed E-state index contributed by atoms with van der Waals surface area (Å²) in [5, 5.41) is 6.35. The molecule has 3 nitrogen and oxygen atoms in total. The molecule has 1 aromatic rings. The summed E-state index contributed by atoms with van der Waals surface area (Å²) in [7, 11) is 0. The molecule has 1 aromatic carbocycles. The van der Waals surface area contributed by atoms with Crippen molar-refractivity contribution in [2.24, 2.45) is 5.92 Å². The van der Waals surface area contributed by atoms with E-state index in [1.807, 2.05) is 31.2 Å². The molecule has 2 rings (SSSR count). The van der Waals surface area contributed by atoms with Crippen LogP contribution in [0.3, 0.4) is 0 Å². The Morgan fingerprint density at radius 1 is 1.33 bits per heavy atom. The van der Waals surface area contributed by atoms with Gasteiger partial charge in [-0.25, -0.2) is 0 Å². The number of aryl methyl sites for hydroxylation is 1. The normalized spacial score (nSPS) is 23.0. The number of rotatable bonds is 2. The second-order valence-corrected chi connectivity index (χ2v) is 4.93. The molecule has 1 amide bonds. The lowest BCUT2D eigenvalue weighted by atomic mass is 9.92. The van der Waals surface area contributed by atoms with E-state index in [1.54, 1.807) is 0 Å². The molecule has 0 aromatic heterocycles. The molecule has 0 bridgehead atoms. The maximum atomic E-state index is 12.1. The lowest BCUT2D eigenvalue weighted by Gasteiger charge is -2.27. The quantitative estimate of drug-likeness (QED) is 0.866. The van der Waals surface area contributed by atoms with Crippen molar-refractivity contribution in [3.05, 3.63) is 29.8 Å². The van der Waals surface area contributed by atoms with Crippen molar-refractivity contribution in [1.29, 1.82) is 0 Å². The van der Waals surface area contributed by atoms with Crippen LogP contribution in [0.25, 0.3) is 0 Å². The van der Waals surface area contributed by atoms with Crippen molar-refractivity contribution < 1.29 is 4.79 Å². The Balaban J connectivity index is 0.00000162. The Hall–Kier alpha value is -1.06. The number of carbonyl (C=O) groups excluding carboxylic acids is 1. The summed E-state index contributed by atoms with van der Waals surface area (Å²) in [4.78, 5) is 12.1. The average Bonchev–Trinajstić information content (AvgIpc) is 2.32. The highest BCUT2D eigenvalue weighted by Gasteiger charge is 2.24. The first-order chi connectivity index (χ1) is 8.15. The molecular formula is C14H21ClN2O. The van der Waals surface area contributed by atoms with E-state index in [0.29, 0.717) is 6.04 Å². The third-order valence-electron chi connectivity index (χ3n) is 3.31. The number of nitrogens with one attached hydrogen (secondary N) is 2. The molecule has 2 atom stereocenters. The smallest absolute Gasteiger partial charge is 0.227 e. The van der Waals surface area contributed by atoms with Crippen LogP contribution in [-0.2, 0) is 4.79 Å². The van der Waals surface area contributed by atoms with Crippen LogP contribution in [0, 0.1) is 12.8 Å². The number of benzene rings is 1. The summed E-state index contributed by atoms with van der Waals surface area (Å²) < 4.78 is 0. The van der Waals surface area contributed by atoms with Crippen molar-refractivity contribution in [3.63, 3.8) is 0 Å². The van der Waals surface area contributed by atoms with Crippen molar-refractivity contribution >= 4 is 24.0 Å². The van der Waals surface area contributed by atoms with Crippen molar-refractivity contribution in [2.45, 2.75) is 32.7 Å². The molecule has 2 N–H and O–H groups in total. The third kappa shape index (κ3) is 4.00. The number of anilines is 1. The molecule has 0 radical (unpaired) electrons. The number of hydrogen-bond donors (Lipinski definition) is 2. The summed E-state index contributed by atoms with van der Waals surface area (Å²) in [6.45, 7) is 5.11. The van der Waals surface area contributed by atoms with E-state index in [4.69, 9.17) is 0 Å². The van der Waals surface area contributed by atoms with E-state index in [2.05, 4.69) is 17.6 Å². The molecule has 1 saturated heterocycles. The van der Waals surface area contributed by atoms with Crippen molar-refractivity contribution in [3.8, 4) is 0 Å². The minimum Gasteiger partial charge on any atom is -0.326 e. The first kappa shape index (κ1) is 15.0. The number of carbonyl (C=O) groups is 1. The molecule has 0 spiro atoms. The molecule has 0 saturated carbocycles. The van der Waals surface area contributed by atoms with Crippen LogP contribution in [0.1, 0.15) is 25.3 Å². The van der Waals surface area contributed by atoms with Crippen LogP contribution >= 0.6 is 12.4 Å². The second-order valence-electron chi connectivity index (χ2n) is 4.93. The fourth-order valence-corrected chi connectivity index (χ4v) is 2.25. The number of halogens is 1. The summed E-state index contributed by atoms with van der Waals surface area (Å²) in [6, 6.07) is 8.38. The Kier molecular flexibility index (Phi) is 5.63. The maximum Gasteiger partial charge on any atom is 0.227 e. The molecule has 4 heteroatoms. The SMILES string of the molecule is Cc1ccc(NC(=O)[C@H]2CCN[C@@H](C)C2)cc1.Cl.